The molecule has 2 aliphatic heterocycles. The molecule has 2 aromatic carbocycles. The van der Waals surface area contributed by atoms with Crippen molar-refractivity contribution in [3.8, 4) is 28.7 Å². The van der Waals surface area contributed by atoms with Crippen LogP contribution in [0.1, 0.15) is 41.8 Å². The summed E-state index contributed by atoms with van der Waals surface area (Å²) in [6, 6.07) is 5.95. The predicted octanol–water partition coefficient (Wildman–Crippen LogP) is 3.52. The molecule has 0 bridgehead atoms. The van der Waals surface area contributed by atoms with E-state index in [4.69, 9.17) is 9.47 Å². The van der Waals surface area contributed by atoms with Crippen molar-refractivity contribution in [3.05, 3.63) is 46.7 Å². The quantitative estimate of drug-likeness (QED) is 0.536. The minimum Gasteiger partial charge on any atom is -0.504 e. The molecule has 2 aliphatic rings. The van der Waals surface area contributed by atoms with Gasteiger partial charge in [-0.2, -0.15) is 0 Å². The van der Waals surface area contributed by atoms with Gasteiger partial charge in [0.15, 0.2) is 23.0 Å². The summed E-state index contributed by atoms with van der Waals surface area (Å²) in [5.41, 5.74) is 1.41. The van der Waals surface area contributed by atoms with E-state index < -0.39 is 17.2 Å². The molecule has 0 atom stereocenters. The van der Waals surface area contributed by atoms with E-state index in [2.05, 4.69) is 0 Å². The van der Waals surface area contributed by atoms with Crippen LogP contribution in [0.3, 0.4) is 0 Å². The van der Waals surface area contributed by atoms with Crippen molar-refractivity contribution in [2.75, 3.05) is 0 Å². The van der Waals surface area contributed by atoms with Crippen LogP contribution in [-0.4, -0.2) is 26.7 Å². The summed E-state index contributed by atoms with van der Waals surface area (Å²) >= 11 is 0. The Balaban J connectivity index is 1.73. The Morgan fingerprint density at radius 3 is 2.50 bits per heavy atom. The number of phenols is 3. The number of hydrogen-bond acceptors (Lipinski definition) is 6. The smallest absolute Gasteiger partial charge is 0.231 e. The van der Waals surface area contributed by atoms with Gasteiger partial charge < -0.3 is 24.8 Å². The van der Waals surface area contributed by atoms with E-state index >= 15 is 0 Å². The highest BCUT2D eigenvalue weighted by Crippen LogP contribution is 2.45. The van der Waals surface area contributed by atoms with Gasteiger partial charge in [0, 0.05) is 5.56 Å². The molecule has 26 heavy (non-hydrogen) atoms. The Kier molecular flexibility index (Phi) is 3.41. The highest BCUT2D eigenvalue weighted by atomic mass is 16.5. The third-order valence-electron chi connectivity index (χ3n) is 4.65. The Morgan fingerprint density at radius 2 is 1.81 bits per heavy atom. The van der Waals surface area contributed by atoms with Crippen LogP contribution in [0.5, 0.6) is 28.7 Å². The van der Waals surface area contributed by atoms with Crippen molar-refractivity contribution in [1.29, 1.82) is 0 Å². The fourth-order valence-corrected chi connectivity index (χ4v) is 3.26. The Morgan fingerprint density at radius 1 is 1.12 bits per heavy atom. The molecule has 6 heteroatoms. The molecule has 134 valence electrons. The number of rotatable bonds is 1. The fourth-order valence-electron chi connectivity index (χ4n) is 3.26. The van der Waals surface area contributed by atoms with E-state index in [9.17, 15) is 20.1 Å². The van der Waals surface area contributed by atoms with Crippen molar-refractivity contribution in [2.24, 2.45) is 0 Å². The molecular formula is C20H18O6. The summed E-state index contributed by atoms with van der Waals surface area (Å²) in [4.78, 5) is 12.6. The van der Waals surface area contributed by atoms with Gasteiger partial charge in [-0.3, -0.25) is 4.79 Å². The third-order valence-corrected chi connectivity index (χ3v) is 4.65. The number of ketones is 1. The summed E-state index contributed by atoms with van der Waals surface area (Å²) in [5, 5.41) is 28.7. The zero-order chi connectivity index (χ0) is 18.6. The highest BCUT2D eigenvalue weighted by Gasteiger charge is 2.35. The van der Waals surface area contributed by atoms with E-state index in [1.807, 2.05) is 13.8 Å². The molecule has 2 heterocycles. The number of benzene rings is 2. The second kappa shape index (κ2) is 5.42. The topological polar surface area (TPSA) is 96.2 Å². The third kappa shape index (κ3) is 2.54. The zero-order valence-corrected chi connectivity index (χ0v) is 14.4. The molecular weight excluding hydrogens is 336 g/mol. The summed E-state index contributed by atoms with van der Waals surface area (Å²) < 4.78 is 11.8. The van der Waals surface area contributed by atoms with Gasteiger partial charge in [-0.25, -0.2) is 0 Å². The normalized spacial score (nSPS) is 18.8. The first-order valence-corrected chi connectivity index (χ1v) is 8.29. The van der Waals surface area contributed by atoms with Crippen LogP contribution in [0.4, 0.5) is 0 Å². The van der Waals surface area contributed by atoms with E-state index in [0.29, 0.717) is 22.6 Å². The van der Waals surface area contributed by atoms with E-state index in [-0.39, 0.29) is 17.1 Å². The van der Waals surface area contributed by atoms with Crippen molar-refractivity contribution >= 4 is 11.9 Å². The van der Waals surface area contributed by atoms with Gasteiger partial charge in [-0.05, 0) is 62.6 Å². The lowest BCUT2D eigenvalue weighted by atomic mass is 9.92. The van der Waals surface area contributed by atoms with E-state index in [1.165, 1.54) is 18.2 Å². The molecule has 4 rings (SSSR count). The second-order valence-corrected chi connectivity index (χ2v) is 7.13. The first kappa shape index (κ1) is 16.3. The van der Waals surface area contributed by atoms with Gasteiger partial charge in [0.05, 0.1) is 5.56 Å². The van der Waals surface area contributed by atoms with Gasteiger partial charge in [0.1, 0.15) is 17.1 Å². The van der Waals surface area contributed by atoms with Crippen molar-refractivity contribution in [3.63, 3.8) is 0 Å². The van der Waals surface area contributed by atoms with Crippen LogP contribution in [0.25, 0.3) is 6.08 Å². The van der Waals surface area contributed by atoms with Crippen LogP contribution in [0.2, 0.25) is 0 Å². The summed E-state index contributed by atoms with van der Waals surface area (Å²) in [5.74, 6) is -0.540. The Labute approximate surface area is 149 Å². The van der Waals surface area contributed by atoms with Crippen LogP contribution >= 0.6 is 0 Å². The number of ether oxygens (including phenoxy) is 2. The van der Waals surface area contributed by atoms with Crippen molar-refractivity contribution in [1.82, 2.24) is 0 Å². The molecule has 0 radical (unpaired) electrons. The molecule has 2 aromatic rings. The summed E-state index contributed by atoms with van der Waals surface area (Å²) in [6.45, 7) is 4.04. The van der Waals surface area contributed by atoms with Crippen LogP contribution in [0.15, 0.2) is 30.0 Å². The average molecular weight is 354 g/mol. The number of carbonyl (C=O) groups excluding carboxylic acids is 1. The number of phenolic OH excluding ortho intramolecular Hbond substituents is 3. The van der Waals surface area contributed by atoms with Crippen LogP contribution in [-0.2, 0) is 6.42 Å². The Bertz CT molecular complexity index is 948. The number of fused-ring (bicyclic) bond motifs is 3. The first-order valence-electron chi connectivity index (χ1n) is 8.29. The van der Waals surface area contributed by atoms with Crippen molar-refractivity contribution in [2.45, 2.75) is 32.3 Å². The molecule has 6 nitrogen and oxygen atoms in total. The van der Waals surface area contributed by atoms with Crippen LogP contribution in [0, 0.1) is 0 Å². The minimum atomic E-state index is -0.608. The molecule has 0 fully saturated rings. The molecule has 0 amide bonds. The number of hydrogen-bond donors (Lipinski definition) is 3. The number of aromatic hydroxyl groups is 3. The van der Waals surface area contributed by atoms with Gasteiger partial charge in [-0.15, -0.1) is 0 Å². The zero-order valence-electron chi connectivity index (χ0n) is 14.4. The monoisotopic (exact) mass is 354 g/mol. The molecule has 0 unspecified atom stereocenters. The molecule has 3 N–H and O–H groups in total. The number of carbonyl (C=O) groups is 1. The van der Waals surface area contributed by atoms with E-state index in [0.717, 1.165) is 18.4 Å². The first-order chi connectivity index (χ1) is 12.2. The van der Waals surface area contributed by atoms with Gasteiger partial charge in [0.25, 0.3) is 0 Å². The lowest BCUT2D eigenvalue weighted by Crippen LogP contribution is -2.32. The Hall–Kier alpha value is -3.15. The molecule has 0 saturated carbocycles. The van der Waals surface area contributed by atoms with Crippen molar-refractivity contribution < 1.29 is 29.6 Å². The maximum absolute atomic E-state index is 12.6. The van der Waals surface area contributed by atoms with Crippen LogP contribution < -0.4 is 9.47 Å². The maximum atomic E-state index is 12.6. The molecule has 0 aromatic heterocycles. The highest BCUT2D eigenvalue weighted by molar-refractivity contribution is 6.15. The fraction of sp³-hybridized carbons (Fsp3) is 0.250. The minimum absolute atomic E-state index is 0.0859. The van der Waals surface area contributed by atoms with E-state index in [1.54, 1.807) is 12.1 Å². The molecule has 0 saturated heterocycles. The van der Waals surface area contributed by atoms with Gasteiger partial charge in [0.2, 0.25) is 5.78 Å². The lowest BCUT2D eigenvalue weighted by Gasteiger charge is -2.33. The standard InChI is InChI=1S/C20H18O6/c1-20(2)6-5-11-15(26-20)4-3-12-17(23)16(25-19(11)12)9-10-7-13(21)18(24)14(22)8-10/h3-4,7-9,21-22,24H,5-6H2,1-2H3/b16-9-. The lowest BCUT2D eigenvalue weighted by molar-refractivity contribution is 0.0838. The predicted molar refractivity (Wildman–Crippen MR) is 93.8 cm³/mol. The summed E-state index contributed by atoms with van der Waals surface area (Å²) in [6.07, 6.45) is 2.97. The second-order valence-electron chi connectivity index (χ2n) is 7.13. The maximum Gasteiger partial charge on any atom is 0.231 e. The largest absolute Gasteiger partial charge is 0.504 e. The molecule has 0 spiro atoms. The van der Waals surface area contributed by atoms with Gasteiger partial charge in [-0.1, -0.05) is 0 Å². The number of Topliss-reactive ketones (excluding diaryl/α,β-unsaturated/α-hetero) is 1. The number of allylic oxidation sites excluding steroid dienone is 1. The SMILES string of the molecule is CC1(C)CCc2c(ccc3c2O/C(=C\c2cc(O)c(O)c(O)c2)C3=O)O1. The molecule has 0 aliphatic carbocycles. The van der Waals surface area contributed by atoms with Gasteiger partial charge >= 0.3 is 0 Å². The average Bonchev–Trinajstić information content (AvgIpc) is 2.87. The summed E-state index contributed by atoms with van der Waals surface area (Å²) in [7, 11) is 0.